The molecule has 0 aromatic rings. The van der Waals surface area contributed by atoms with Crippen molar-refractivity contribution in [1.29, 1.82) is 0 Å². The molecule has 0 aromatic carbocycles. The van der Waals surface area contributed by atoms with E-state index in [1.807, 2.05) is 0 Å². The van der Waals surface area contributed by atoms with E-state index in [0.29, 0.717) is 17.1 Å². The molecule has 3 aliphatic carbocycles. The largest absolute Gasteiger partial charge is 0.299 e. The summed E-state index contributed by atoms with van der Waals surface area (Å²) in [4.78, 5) is 11.5. The lowest BCUT2D eigenvalue weighted by molar-refractivity contribution is -0.120. The fourth-order valence-electron chi connectivity index (χ4n) is 3.92. The van der Waals surface area contributed by atoms with Gasteiger partial charge in [-0.2, -0.15) is 0 Å². The molecular formula is C11H16O. The van der Waals surface area contributed by atoms with E-state index in [-0.39, 0.29) is 0 Å². The third-order valence-corrected chi connectivity index (χ3v) is 4.48. The lowest BCUT2D eigenvalue weighted by Crippen LogP contribution is -2.16. The van der Waals surface area contributed by atoms with E-state index in [4.69, 9.17) is 0 Å². The van der Waals surface area contributed by atoms with Crippen molar-refractivity contribution in [3.63, 3.8) is 0 Å². The predicted octanol–water partition coefficient (Wildman–Crippen LogP) is 2.55. The zero-order valence-electron chi connectivity index (χ0n) is 7.51. The number of carbonyl (C=O) groups is 1. The summed E-state index contributed by atoms with van der Waals surface area (Å²) in [6, 6.07) is 0. The standard InChI is InChI=1S/C11H16O/c12-9-5-4-8-10(9)11(8)6-2-1-3-7-11/h8,10H,1-7H2/t8-,10?/m1/s1. The van der Waals surface area contributed by atoms with Crippen LogP contribution in [0.1, 0.15) is 44.9 Å². The van der Waals surface area contributed by atoms with Crippen LogP contribution in [0.3, 0.4) is 0 Å². The molecule has 2 atom stereocenters. The minimum atomic E-state index is 0.540. The van der Waals surface area contributed by atoms with Gasteiger partial charge in [0.15, 0.2) is 0 Å². The summed E-state index contributed by atoms with van der Waals surface area (Å²) in [6.45, 7) is 0. The first kappa shape index (κ1) is 7.11. The lowest BCUT2D eigenvalue weighted by Gasteiger charge is -2.24. The summed E-state index contributed by atoms with van der Waals surface area (Å²) in [7, 11) is 0. The molecule has 66 valence electrons. The van der Waals surface area contributed by atoms with Crippen LogP contribution < -0.4 is 0 Å². The smallest absolute Gasteiger partial charge is 0.136 e. The minimum absolute atomic E-state index is 0.540. The van der Waals surface area contributed by atoms with Gasteiger partial charge in [0.25, 0.3) is 0 Å². The van der Waals surface area contributed by atoms with E-state index >= 15 is 0 Å². The Kier molecular flexibility index (Phi) is 1.26. The zero-order chi connectivity index (χ0) is 8.18. The SMILES string of the molecule is O=C1CC[C@@H]2C1C21CCCCC1. The number of hydrogen-bond donors (Lipinski definition) is 0. The summed E-state index contributed by atoms with van der Waals surface area (Å²) < 4.78 is 0. The number of carbonyl (C=O) groups excluding carboxylic acids is 1. The van der Waals surface area contributed by atoms with Crippen molar-refractivity contribution in [3.8, 4) is 0 Å². The maximum atomic E-state index is 11.5. The van der Waals surface area contributed by atoms with Gasteiger partial charge in [0, 0.05) is 12.3 Å². The number of fused-ring (bicyclic) bond motifs is 3. The summed E-state index contributed by atoms with van der Waals surface area (Å²) >= 11 is 0. The van der Waals surface area contributed by atoms with Gasteiger partial charge in [-0.15, -0.1) is 0 Å². The number of Topliss-reactive ketones (excluding diaryl/α,β-unsaturated/α-hetero) is 1. The van der Waals surface area contributed by atoms with Gasteiger partial charge in [0.05, 0.1) is 0 Å². The molecule has 3 saturated carbocycles. The van der Waals surface area contributed by atoms with Gasteiger partial charge in [-0.05, 0) is 30.6 Å². The van der Waals surface area contributed by atoms with Gasteiger partial charge in [-0.25, -0.2) is 0 Å². The highest BCUT2D eigenvalue weighted by atomic mass is 16.1. The molecule has 0 radical (unpaired) electrons. The molecule has 12 heavy (non-hydrogen) atoms. The first-order valence-electron chi connectivity index (χ1n) is 5.37. The number of ketones is 1. The molecule has 1 unspecified atom stereocenters. The molecule has 0 aliphatic heterocycles. The van der Waals surface area contributed by atoms with Gasteiger partial charge in [0.1, 0.15) is 5.78 Å². The molecule has 0 amide bonds. The van der Waals surface area contributed by atoms with E-state index < -0.39 is 0 Å². The van der Waals surface area contributed by atoms with Gasteiger partial charge in [-0.1, -0.05) is 19.3 Å². The summed E-state index contributed by atoms with van der Waals surface area (Å²) in [5, 5.41) is 0. The Labute approximate surface area is 73.5 Å². The average Bonchev–Trinajstić information content (AvgIpc) is 2.51. The first-order valence-corrected chi connectivity index (χ1v) is 5.37. The van der Waals surface area contributed by atoms with Crippen LogP contribution in [0.25, 0.3) is 0 Å². The highest BCUT2D eigenvalue weighted by Crippen LogP contribution is 2.71. The van der Waals surface area contributed by atoms with Crippen molar-refractivity contribution < 1.29 is 4.79 Å². The van der Waals surface area contributed by atoms with Crippen LogP contribution in [0, 0.1) is 17.3 Å². The van der Waals surface area contributed by atoms with Crippen LogP contribution in [0.2, 0.25) is 0 Å². The Morgan fingerprint density at radius 2 is 1.92 bits per heavy atom. The molecule has 1 spiro atoms. The normalized spacial score (nSPS) is 43.2. The van der Waals surface area contributed by atoms with E-state index in [0.717, 1.165) is 12.3 Å². The lowest BCUT2D eigenvalue weighted by atomic mass is 9.80. The first-order chi connectivity index (χ1) is 5.84. The van der Waals surface area contributed by atoms with Gasteiger partial charge in [0.2, 0.25) is 0 Å². The topological polar surface area (TPSA) is 17.1 Å². The third kappa shape index (κ3) is 0.681. The number of rotatable bonds is 0. The monoisotopic (exact) mass is 164 g/mol. The quantitative estimate of drug-likeness (QED) is 0.537. The molecular weight excluding hydrogens is 148 g/mol. The Morgan fingerprint density at radius 1 is 1.17 bits per heavy atom. The van der Waals surface area contributed by atoms with E-state index in [1.165, 1.54) is 38.5 Å². The molecule has 1 nitrogen and oxygen atoms in total. The molecule has 3 fully saturated rings. The Hall–Kier alpha value is -0.330. The summed E-state index contributed by atoms with van der Waals surface area (Å²) in [5.41, 5.74) is 0.563. The molecule has 3 aliphatic rings. The zero-order valence-corrected chi connectivity index (χ0v) is 7.51. The summed E-state index contributed by atoms with van der Waals surface area (Å²) in [5.74, 6) is 1.98. The second-order valence-electron chi connectivity index (χ2n) is 4.88. The molecule has 0 saturated heterocycles. The van der Waals surface area contributed by atoms with Crippen molar-refractivity contribution in [2.75, 3.05) is 0 Å². The minimum Gasteiger partial charge on any atom is -0.299 e. The predicted molar refractivity (Wildman–Crippen MR) is 46.7 cm³/mol. The van der Waals surface area contributed by atoms with Crippen molar-refractivity contribution >= 4 is 5.78 Å². The van der Waals surface area contributed by atoms with Crippen LogP contribution >= 0.6 is 0 Å². The molecule has 0 bridgehead atoms. The van der Waals surface area contributed by atoms with E-state index in [1.54, 1.807) is 0 Å². The van der Waals surface area contributed by atoms with Crippen LogP contribution in [0.15, 0.2) is 0 Å². The molecule has 0 aromatic heterocycles. The van der Waals surface area contributed by atoms with Crippen molar-refractivity contribution in [2.45, 2.75) is 44.9 Å². The average molecular weight is 164 g/mol. The third-order valence-electron chi connectivity index (χ3n) is 4.48. The molecule has 1 heteroatoms. The second-order valence-corrected chi connectivity index (χ2v) is 4.88. The van der Waals surface area contributed by atoms with Crippen LogP contribution in [0.5, 0.6) is 0 Å². The molecule has 3 rings (SSSR count). The van der Waals surface area contributed by atoms with Crippen LogP contribution in [0.4, 0.5) is 0 Å². The van der Waals surface area contributed by atoms with Crippen LogP contribution in [-0.2, 0) is 4.79 Å². The highest BCUT2D eigenvalue weighted by molar-refractivity contribution is 5.88. The fraction of sp³-hybridized carbons (Fsp3) is 0.909. The van der Waals surface area contributed by atoms with Crippen molar-refractivity contribution in [2.24, 2.45) is 17.3 Å². The van der Waals surface area contributed by atoms with Gasteiger partial charge in [-0.3, -0.25) is 4.79 Å². The maximum Gasteiger partial charge on any atom is 0.136 e. The Morgan fingerprint density at radius 3 is 2.50 bits per heavy atom. The summed E-state index contributed by atoms with van der Waals surface area (Å²) in [6.07, 6.45) is 9.05. The van der Waals surface area contributed by atoms with Crippen molar-refractivity contribution in [3.05, 3.63) is 0 Å². The van der Waals surface area contributed by atoms with Crippen molar-refractivity contribution in [1.82, 2.24) is 0 Å². The Bertz CT molecular complexity index is 225. The van der Waals surface area contributed by atoms with Gasteiger partial charge < -0.3 is 0 Å². The maximum absolute atomic E-state index is 11.5. The highest BCUT2D eigenvalue weighted by Gasteiger charge is 2.68. The van der Waals surface area contributed by atoms with Gasteiger partial charge >= 0.3 is 0 Å². The fourth-order valence-corrected chi connectivity index (χ4v) is 3.92. The second kappa shape index (κ2) is 2.12. The van der Waals surface area contributed by atoms with E-state index in [9.17, 15) is 4.79 Å². The number of hydrogen-bond acceptors (Lipinski definition) is 1. The van der Waals surface area contributed by atoms with Crippen LogP contribution in [-0.4, -0.2) is 5.78 Å². The van der Waals surface area contributed by atoms with E-state index in [2.05, 4.69) is 0 Å². The Balaban J connectivity index is 1.83. The molecule has 0 N–H and O–H groups in total. The molecule has 0 heterocycles.